The molecule has 0 saturated heterocycles. The van der Waals surface area contributed by atoms with Crippen LogP contribution in [0.25, 0.3) is 10.6 Å². The molecule has 0 fully saturated rings. The molecule has 0 aromatic carbocycles. The Kier molecular flexibility index (Phi) is 2.84. The van der Waals surface area contributed by atoms with Crippen LogP contribution in [0.1, 0.15) is 4.88 Å². The zero-order valence-electron chi connectivity index (χ0n) is 8.18. The number of nitro groups is 1. The maximum atomic E-state index is 10.9. The van der Waals surface area contributed by atoms with E-state index in [2.05, 4.69) is 9.97 Å². The van der Waals surface area contributed by atoms with Gasteiger partial charge < -0.3 is 0 Å². The molecule has 2 rings (SSSR count). The molecule has 0 saturated carbocycles. The van der Waals surface area contributed by atoms with Gasteiger partial charge in [-0.05, 0) is 19.1 Å². The molecule has 2 aromatic heterocycles. The van der Waals surface area contributed by atoms with E-state index in [9.17, 15) is 10.1 Å². The second-order valence-corrected chi connectivity index (χ2v) is 4.68. The Morgan fingerprint density at radius 2 is 2.19 bits per heavy atom. The van der Waals surface area contributed by atoms with E-state index in [1.807, 2.05) is 13.0 Å². The van der Waals surface area contributed by atoms with Crippen molar-refractivity contribution < 1.29 is 4.92 Å². The summed E-state index contributed by atoms with van der Waals surface area (Å²) in [6.07, 6.45) is 1.22. The lowest BCUT2D eigenvalue weighted by Crippen LogP contribution is -1.96. The Hall–Kier alpha value is -1.53. The summed E-state index contributed by atoms with van der Waals surface area (Å²) in [5.41, 5.74) is 0.0223. The minimum atomic E-state index is -0.563. The van der Waals surface area contributed by atoms with Gasteiger partial charge in [-0.15, -0.1) is 11.3 Å². The number of halogens is 1. The molecule has 0 atom stereocenters. The SMILES string of the molecule is Cc1ccc(-c2ncnc(Cl)c2[N+](=O)[O-])s1. The number of hydrogen-bond donors (Lipinski definition) is 0. The fourth-order valence-electron chi connectivity index (χ4n) is 1.26. The van der Waals surface area contributed by atoms with E-state index >= 15 is 0 Å². The monoisotopic (exact) mass is 255 g/mol. The highest BCUT2D eigenvalue weighted by molar-refractivity contribution is 7.15. The van der Waals surface area contributed by atoms with Crippen molar-refractivity contribution in [2.45, 2.75) is 6.92 Å². The van der Waals surface area contributed by atoms with Crippen molar-refractivity contribution in [3.8, 4) is 10.6 Å². The van der Waals surface area contributed by atoms with E-state index in [0.29, 0.717) is 4.88 Å². The van der Waals surface area contributed by atoms with Crippen molar-refractivity contribution in [2.75, 3.05) is 0 Å². The largest absolute Gasteiger partial charge is 0.333 e. The molecule has 0 radical (unpaired) electrons. The Labute approximate surface area is 99.9 Å². The molecule has 0 aliphatic heterocycles. The lowest BCUT2D eigenvalue weighted by molar-refractivity contribution is -0.384. The summed E-state index contributed by atoms with van der Waals surface area (Å²) in [5.74, 6) is 0. The minimum absolute atomic E-state index is 0.138. The normalized spacial score (nSPS) is 10.4. The Balaban J connectivity index is 2.65. The first-order valence-corrected chi connectivity index (χ1v) is 5.50. The topological polar surface area (TPSA) is 68.9 Å². The van der Waals surface area contributed by atoms with Crippen molar-refractivity contribution in [3.05, 3.63) is 38.6 Å². The van der Waals surface area contributed by atoms with Crippen molar-refractivity contribution in [3.63, 3.8) is 0 Å². The molecule has 0 aliphatic rings. The molecule has 82 valence electrons. The minimum Gasteiger partial charge on any atom is -0.258 e. The molecule has 7 heteroatoms. The quantitative estimate of drug-likeness (QED) is 0.470. The smallest absolute Gasteiger partial charge is 0.258 e. The maximum absolute atomic E-state index is 10.9. The van der Waals surface area contributed by atoms with E-state index in [4.69, 9.17) is 11.6 Å². The first kappa shape index (κ1) is 11.0. The van der Waals surface area contributed by atoms with Gasteiger partial charge in [0.05, 0.1) is 9.80 Å². The molecule has 0 aliphatic carbocycles. The molecule has 16 heavy (non-hydrogen) atoms. The van der Waals surface area contributed by atoms with Gasteiger partial charge in [0.15, 0.2) is 5.69 Å². The molecule has 2 aromatic rings. The number of thiophene rings is 1. The van der Waals surface area contributed by atoms with Crippen LogP contribution in [-0.2, 0) is 0 Å². The third-order valence-electron chi connectivity index (χ3n) is 1.93. The van der Waals surface area contributed by atoms with Gasteiger partial charge in [-0.1, -0.05) is 11.6 Å². The van der Waals surface area contributed by atoms with Gasteiger partial charge in [-0.3, -0.25) is 10.1 Å². The Morgan fingerprint density at radius 1 is 1.44 bits per heavy atom. The van der Waals surface area contributed by atoms with Crippen LogP contribution in [0.5, 0.6) is 0 Å². The highest BCUT2D eigenvalue weighted by Gasteiger charge is 2.23. The van der Waals surface area contributed by atoms with Gasteiger partial charge in [0.1, 0.15) is 6.33 Å². The van der Waals surface area contributed by atoms with Crippen LogP contribution < -0.4 is 0 Å². The number of nitrogens with zero attached hydrogens (tertiary/aromatic N) is 3. The molecule has 0 N–H and O–H groups in total. The predicted molar refractivity (Wildman–Crippen MR) is 61.7 cm³/mol. The summed E-state index contributed by atoms with van der Waals surface area (Å²) in [6, 6.07) is 3.66. The number of hydrogen-bond acceptors (Lipinski definition) is 5. The Morgan fingerprint density at radius 3 is 2.75 bits per heavy atom. The average molecular weight is 256 g/mol. The van der Waals surface area contributed by atoms with Crippen LogP contribution in [0.2, 0.25) is 5.15 Å². The standard InChI is InChI=1S/C9H6ClN3O2S/c1-5-2-3-6(16-5)7-8(13(14)15)9(10)12-4-11-7/h2-4H,1H3. The first-order valence-electron chi connectivity index (χ1n) is 4.31. The van der Waals surface area contributed by atoms with Crippen LogP contribution >= 0.6 is 22.9 Å². The Bertz CT molecular complexity index is 555. The summed E-state index contributed by atoms with van der Waals surface area (Å²) >= 11 is 7.12. The molecule has 0 amide bonds. The lowest BCUT2D eigenvalue weighted by Gasteiger charge is -1.99. The molecule has 5 nitrogen and oxygen atoms in total. The van der Waals surface area contributed by atoms with Crippen LogP contribution in [0.15, 0.2) is 18.5 Å². The molecule has 2 heterocycles. The molecule has 0 spiro atoms. The summed E-state index contributed by atoms with van der Waals surface area (Å²) in [4.78, 5) is 19.6. The highest BCUT2D eigenvalue weighted by Crippen LogP contribution is 2.35. The summed E-state index contributed by atoms with van der Waals surface area (Å²) < 4.78 is 0. The van der Waals surface area contributed by atoms with E-state index in [1.54, 1.807) is 6.07 Å². The zero-order valence-corrected chi connectivity index (χ0v) is 9.75. The number of aryl methyl sites for hydroxylation is 1. The zero-order chi connectivity index (χ0) is 11.7. The third-order valence-corrected chi connectivity index (χ3v) is 3.22. The lowest BCUT2D eigenvalue weighted by atomic mass is 10.3. The molecular weight excluding hydrogens is 250 g/mol. The second kappa shape index (κ2) is 4.15. The van der Waals surface area contributed by atoms with Crippen molar-refractivity contribution in [1.29, 1.82) is 0 Å². The van der Waals surface area contributed by atoms with Crippen LogP contribution in [-0.4, -0.2) is 14.9 Å². The van der Waals surface area contributed by atoms with Gasteiger partial charge in [0.25, 0.3) is 0 Å². The first-order chi connectivity index (χ1) is 7.59. The number of rotatable bonds is 2. The van der Waals surface area contributed by atoms with Crippen molar-refractivity contribution in [2.24, 2.45) is 0 Å². The van der Waals surface area contributed by atoms with Gasteiger partial charge >= 0.3 is 5.69 Å². The fraction of sp³-hybridized carbons (Fsp3) is 0.111. The van der Waals surface area contributed by atoms with E-state index in [0.717, 1.165) is 4.88 Å². The van der Waals surface area contributed by atoms with E-state index < -0.39 is 4.92 Å². The van der Waals surface area contributed by atoms with Gasteiger partial charge in [0, 0.05) is 4.88 Å². The van der Waals surface area contributed by atoms with Crippen LogP contribution in [0.3, 0.4) is 0 Å². The van der Waals surface area contributed by atoms with Crippen LogP contribution in [0, 0.1) is 17.0 Å². The second-order valence-electron chi connectivity index (χ2n) is 3.03. The van der Waals surface area contributed by atoms with Crippen molar-refractivity contribution >= 4 is 28.6 Å². The fourth-order valence-corrected chi connectivity index (χ4v) is 2.33. The number of aromatic nitrogens is 2. The summed E-state index contributed by atoms with van der Waals surface area (Å²) in [6.45, 7) is 1.92. The van der Waals surface area contributed by atoms with Crippen LogP contribution in [0.4, 0.5) is 5.69 Å². The van der Waals surface area contributed by atoms with Gasteiger partial charge in [-0.25, -0.2) is 9.97 Å². The predicted octanol–water partition coefficient (Wildman–Crippen LogP) is 3.08. The highest BCUT2D eigenvalue weighted by atomic mass is 35.5. The molecular formula is C9H6ClN3O2S. The maximum Gasteiger partial charge on any atom is 0.333 e. The average Bonchev–Trinajstić information content (AvgIpc) is 2.63. The van der Waals surface area contributed by atoms with E-state index in [1.165, 1.54) is 17.7 Å². The van der Waals surface area contributed by atoms with Gasteiger partial charge in [-0.2, -0.15) is 0 Å². The summed E-state index contributed by atoms with van der Waals surface area (Å²) in [5, 5.41) is 10.7. The molecule has 0 unspecified atom stereocenters. The van der Waals surface area contributed by atoms with Gasteiger partial charge in [0.2, 0.25) is 5.15 Å². The van der Waals surface area contributed by atoms with E-state index in [-0.39, 0.29) is 16.5 Å². The molecule has 0 bridgehead atoms. The van der Waals surface area contributed by atoms with Crippen molar-refractivity contribution in [1.82, 2.24) is 9.97 Å². The third kappa shape index (κ3) is 1.89. The summed E-state index contributed by atoms with van der Waals surface area (Å²) in [7, 11) is 0.